The molecule has 37 heavy (non-hydrogen) atoms. The zero-order chi connectivity index (χ0) is 26.8. The molecule has 1 aliphatic rings. The highest BCUT2D eigenvalue weighted by Gasteiger charge is 2.26. The number of carbonyl (C=O) groups is 4. The van der Waals surface area contributed by atoms with E-state index in [1.165, 1.54) is 6.08 Å². The Hall–Kier alpha value is -3.94. The molecule has 2 aromatic rings. The van der Waals surface area contributed by atoms with Gasteiger partial charge in [0.05, 0.1) is 0 Å². The van der Waals surface area contributed by atoms with Gasteiger partial charge in [0.25, 0.3) is 0 Å². The normalized spacial score (nSPS) is 22.6. The number of hydrogen-bond donors (Lipinski definition) is 4. The first kappa shape index (κ1) is 27.6. The van der Waals surface area contributed by atoms with Crippen LogP contribution in [0, 0.1) is 5.92 Å². The van der Waals surface area contributed by atoms with Crippen LogP contribution in [0.25, 0.3) is 6.08 Å². The van der Waals surface area contributed by atoms with Crippen LogP contribution < -0.4 is 21.3 Å². The van der Waals surface area contributed by atoms with Gasteiger partial charge in [-0.05, 0) is 54.5 Å². The van der Waals surface area contributed by atoms with Gasteiger partial charge in [-0.1, -0.05) is 62.4 Å². The summed E-state index contributed by atoms with van der Waals surface area (Å²) in [6.07, 6.45) is 4.06. The molecule has 1 heterocycles. The summed E-state index contributed by atoms with van der Waals surface area (Å²) in [5.41, 5.74) is 2.66. The minimum Gasteiger partial charge on any atom is -0.350 e. The molecule has 8 heteroatoms. The van der Waals surface area contributed by atoms with Crippen molar-refractivity contribution in [3.05, 3.63) is 77.4 Å². The average Bonchev–Trinajstić information content (AvgIpc) is 2.85. The van der Waals surface area contributed by atoms with E-state index in [1.807, 2.05) is 68.4 Å². The Morgan fingerprint density at radius 3 is 2.35 bits per heavy atom. The van der Waals surface area contributed by atoms with Crippen molar-refractivity contribution < 1.29 is 19.2 Å². The lowest BCUT2D eigenvalue weighted by Gasteiger charge is -2.23. The standard InChI is InChI=1S/C29H36N4O4/c1-19(2)14-25-29(37)30-18-23-11-7-10-22(15-23)12-13-26(34)32-24(16-21-8-5-4-6-9-21)17-27(35)31-20(3)28(36)33-25/h4-13,15,19-20,24-25H,14,16-18H2,1-3H3,(H,30,37)(H,31,35)(H,32,34)(H,33,36)/b13-12-/t20-,24-,25?/m0/s1. The molecule has 0 saturated heterocycles. The fraction of sp³-hybridized carbons (Fsp3) is 0.379. The van der Waals surface area contributed by atoms with Gasteiger partial charge >= 0.3 is 0 Å². The molecule has 3 atom stereocenters. The fourth-order valence-electron chi connectivity index (χ4n) is 4.20. The van der Waals surface area contributed by atoms with Crippen molar-refractivity contribution in [1.29, 1.82) is 0 Å². The maximum atomic E-state index is 12.9. The molecule has 0 aromatic heterocycles. The number of benzene rings is 2. The van der Waals surface area contributed by atoms with Crippen LogP contribution in [-0.2, 0) is 32.1 Å². The van der Waals surface area contributed by atoms with Crippen LogP contribution in [-0.4, -0.2) is 41.8 Å². The Labute approximate surface area is 218 Å². The van der Waals surface area contributed by atoms with Gasteiger partial charge < -0.3 is 21.3 Å². The lowest BCUT2D eigenvalue weighted by atomic mass is 10.0. The number of hydrogen-bond acceptors (Lipinski definition) is 4. The van der Waals surface area contributed by atoms with Crippen molar-refractivity contribution in [2.75, 3.05) is 0 Å². The van der Waals surface area contributed by atoms with Crippen molar-refractivity contribution in [3.63, 3.8) is 0 Å². The van der Waals surface area contributed by atoms with Gasteiger partial charge in [-0.15, -0.1) is 0 Å². The molecular formula is C29H36N4O4. The molecule has 196 valence electrons. The van der Waals surface area contributed by atoms with Crippen LogP contribution in [0.1, 0.15) is 50.3 Å². The van der Waals surface area contributed by atoms with Crippen LogP contribution in [0.5, 0.6) is 0 Å². The Morgan fingerprint density at radius 2 is 1.62 bits per heavy atom. The number of carbonyl (C=O) groups excluding carboxylic acids is 4. The lowest BCUT2D eigenvalue weighted by molar-refractivity contribution is -0.132. The monoisotopic (exact) mass is 504 g/mol. The zero-order valence-electron chi connectivity index (χ0n) is 21.6. The second kappa shape index (κ2) is 13.4. The summed E-state index contributed by atoms with van der Waals surface area (Å²) in [6.45, 7) is 5.82. The van der Waals surface area contributed by atoms with E-state index in [2.05, 4.69) is 21.3 Å². The summed E-state index contributed by atoms with van der Waals surface area (Å²) in [5, 5.41) is 11.3. The summed E-state index contributed by atoms with van der Waals surface area (Å²) in [7, 11) is 0. The third-order valence-corrected chi connectivity index (χ3v) is 6.06. The maximum absolute atomic E-state index is 12.9. The molecule has 0 saturated carbocycles. The molecule has 0 spiro atoms. The minimum atomic E-state index is -0.849. The largest absolute Gasteiger partial charge is 0.350 e. The van der Waals surface area contributed by atoms with Crippen LogP contribution in [0.3, 0.4) is 0 Å². The summed E-state index contributed by atoms with van der Waals surface area (Å²) in [6, 6.07) is 15.0. The predicted octanol–water partition coefficient (Wildman–Crippen LogP) is 2.48. The fourth-order valence-corrected chi connectivity index (χ4v) is 4.20. The van der Waals surface area contributed by atoms with E-state index >= 15 is 0 Å². The van der Waals surface area contributed by atoms with Gasteiger partial charge in [-0.25, -0.2) is 0 Å². The summed E-state index contributed by atoms with van der Waals surface area (Å²) >= 11 is 0. The predicted molar refractivity (Wildman–Crippen MR) is 143 cm³/mol. The van der Waals surface area contributed by atoms with E-state index in [0.717, 1.165) is 16.7 Å². The highest BCUT2D eigenvalue weighted by molar-refractivity contribution is 5.93. The lowest BCUT2D eigenvalue weighted by Crippen LogP contribution is -2.53. The Bertz CT molecular complexity index is 1130. The summed E-state index contributed by atoms with van der Waals surface area (Å²) in [4.78, 5) is 51.4. The molecule has 2 aromatic carbocycles. The Kier molecular flexibility index (Phi) is 10.0. The van der Waals surface area contributed by atoms with E-state index in [1.54, 1.807) is 13.0 Å². The maximum Gasteiger partial charge on any atom is 0.244 e. The van der Waals surface area contributed by atoms with Crippen molar-refractivity contribution in [3.8, 4) is 0 Å². The van der Waals surface area contributed by atoms with Gasteiger partial charge in [-0.3, -0.25) is 19.2 Å². The zero-order valence-corrected chi connectivity index (χ0v) is 21.6. The van der Waals surface area contributed by atoms with E-state index in [-0.39, 0.29) is 36.6 Å². The summed E-state index contributed by atoms with van der Waals surface area (Å²) < 4.78 is 0. The average molecular weight is 505 g/mol. The third kappa shape index (κ3) is 9.22. The second-order valence-corrected chi connectivity index (χ2v) is 9.88. The van der Waals surface area contributed by atoms with Crippen LogP contribution in [0.15, 0.2) is 60.7 Å². The minimum absolute atomic E-state index is 0.00249. The molecule has 1 unspecified atom stereocenters. The third-order valence-electron chi connectivity index (χ3n) is 6.06. The van der Waals surface area contributed by atoms with Gasteiger partial charge in [0.2, 0.25) is 23.6 Å². The highest BCUT2D eigenvalue weighted by atomic mass is 16.2. The quantitative estimate of drug-likeness (QED) is 0.512. The molecule has 4 amide bonds. The van der Waals surface area contributed by atoms with Gasteiger partial charge in [0.15, 0.2) is 0 Å². The number of nitrogens with one attached hydrogen (secondary N) is 4. The highest BCUT2D eigenvalue weighted by Crippen LogP contribution is 2.11. The van der Waals surface area contributed by atoms with Crippen molar-refractivity contribution in [1.82, 2.24) is 21.3 Å². The van der Waals surface area contributed by atoms with Crippen LogP contribution in [0.4, 0.5) is 0 Å². The van der Waals surface area contributed by atoms with Crippen molar-refractivity contribution >= 4 is 29.7 Å². The summed E-state index contributed by atoms with van der Waals surface area (Å²) in [5.74, 6) is -1.24. The Morgan fingerprint density at radius 1 is 0.865 bits per heavy atom. The smallest absolute Gasteiger partial charge is 0.244 e. The SMILES string of the molecule is CC(C)CC1NC(=O)[C@H](C)NC(=O)C[C@H](Cc2ccccc2)NC(=O)/C=C\c2cccc(c2)CNC1=O. The molecule has 0 aliphatic carbocycles. The number of fused-ring (bicyclic) bond motifs is 2. The van der Waals surface area contributed by atoms with E-state index in [4.69, 9.17) is 0 Å². The van der Waals surface area contributed by atoms with Gasteiger partial charge in [-0.2, -0.15) is 0 Å². The number of rotatable bonds is 4. The number of amides is 4. The van der Waals surface area contributed by atoms with E-state index in [0.29, 0.717) is 12.8 Å². The molecule has 0 fully saturated rings. The van der Waals surface area contributed by atoms with Crippen molar-refractivity contribution in [2.24, 2.45) is 5.92 Å². The first-order valence-corrected chi connectivity index (χ1v) is 12.7. The molecule has 4 N–H and O–H groups in total. The van der Waals surface area contributed by atoms with Crippen LogP contribution in [0.2, 0.25) is 0 Å². The molecule has 3 rings (SSSR count). The molecular weight excluding hydrogens is 468 g/mol. The Balaban J connectivity index is 1.86. The van der Waals surface area contributed by atoms with Crippen molar-refractivity contribution in [2.45, 2.75) is 64.7 Å². The molecule has 0 radical (unpaired) electrons. The first-order chi connectivity index (χ1) is 17.7. The second-order valence-electron chi connectivity index (χ2n) is 9.88. The van der Waals surface area contributed by atoms with Gasteiger partial charge in [0.1, 0.15) is 12.1 Å². The van der Waals surface area contributed by atoms with E-state index < -0.39 is 24.0 Å². The van der Waals surface area contributed by atoms with E-state index in [9.17, 15) is 19.2 Å². The van der Waals surface area contributed by atoms with Gasteiger partial charge in [0, 0.05) is 25.1 Å². The first-order valence-electron chi connectivity index (χ1n) is 12.7. The molecule has 1 aliphatic heterocycles. The topological polar surface area (TPSA) is 116 Å². The molecule has 2 bridgehead atoms. The molecule has 8 nitrogen and oxygen atoms in total. The van der Waals surface area contributed by atoms with Crippen LogP contribution >= 0.6 is 0 Å².